The first kappa shape index (κ1) is 21.0. The molecule has 1 saturated heterocycles. The third-order valence-electron chi connectivity index (χ3n) is 4.91. The normalized spacial score (nSPS) is 17.1. The van der Waals surface area contributed by atoms with Crippen molar-refractivity contribution in [1.82, 2.24) is 15.5 Å². The molecule has 1 unspecified atom stereocenters. The average Bonchev–Trinajstić information content (AvgIpc) is 2.71. The van der Waals surface area contributed by atoms with Crippen LogP contribution < -0.4 is 10.6 Å². The number of halogens is 1. The summed E-state index contributed by atoms with van der Waals surface area (Å²) in [4.78, 5) is 27.2. The van der Waals surface area contributed by atoms with Crippen molar-refractivity contribution < 1.29 is 14.0 Å². The molecule has 2 aromatic carbocycles. The summed E-state index contributed by atoms with van der Waals surface area (Å²) >= 11 is 0. The van der Waals surface area contributed by atoms with E-state index in [1.54, 1.807) is 35.2 Å². The van der Waals surface area contributed by atoms with Crippen molar-refractivity contribution in [2.24, 2.45) is 5.41 Å². The van der Waals surface area contributed by atoms with Crippen LogP contribution in [0.3, 0.4) is 0 Å². The molecule has 0 aromatic heterocycles. The van der Waals surface area contributed by atoms with Gasteiger partial charge in [0.1, 0.15) is 5.82 Å². The first-order valence-corrected chi connectivity index (χ1v) is 9.90. The SMILES string of the molecule is CC(C)(C)CNC(=O)c1ccc(C(=O)N2CCNCC2c2cccc(F)c2)cc1. The lowest BCUT2D eigenvalue weighted by Crippen LogP contribution is -2.48. The Morgan fingerprint density at radius 2 is 1.83 bits per heavy atom. The fraction of sp³-hybridized carbons (Fsp3) is 0.391. The lowest BCUT2D eigenvalue weighted by Gasteiger charge is -2.36. The fourth-order valence-electron chi connectivity index (χ4n) is 3.34. The molecule has 0 aliphatic carbocycles. The zero-order chi connectivity index (χ0) is 21.0. The molecule has 2 amide bonds. The van der Waals surface area contributed by atoms with Gasteiger partial charge in [-0.2, -0.15) is 0 Å². The first-order valence-electron chi connectivity index (χ1n) is 9.90. The molecule has 29 heavy (non-hydrogen) atoms. The first-order chi connectivity index (χ1) is 13.7. The molecule has 3 rings (SSSR count). The van der Waals surface area contributed by atoms with Crippen LogP contribution in [0, 0.1) is 11.2 Å². The largest absolute Gasteiger partial charge is 0.352 e. The molecule has 0 bridgehead atoms. The predicted octanol–water partition coefficient (Wildman–Crippen LogP) is 3.39. The van der Waals surface area contributed by atoms with Gasteiger partial charge in [0.25, 0.3) is 11.8 Å². The minimum Gasteiger partial charge on any atom is -0.352 e. The van der Waals surface area contributed by atoms with E-state index in [2.05, 4.69) is 31.4 Å². The number of hydrogen-bond donors (Lipinski definition) is 2. The Bertz CT molecular complexity index is 874. The Kier molecular flexibility index (Phi) is 6.33. The minimum absolute atomic E-state index is 0.000209. The summed E-state index contributed by atoms with van der Waals surface area (Å²) < 4.78 is 13.7. The second-order valence-corrected chi connectivity index (χ2v) is 8.59. The van der Waals surface area contributed by atoms with E-state index in [4.69, 9.17) is 0 Å². The van der Waals surface area contributed by atoms with Crippen molar-refractivity contribution in [2.45, 2.75) is 26.8 Å². The topological polar surface area (TPSA) is 61.4 Å². The smallest absolute Gasteiger partial charge is 0.254 e. The van der Waals surface area contributed by atoms with Gasteiger partial charge in [0.2, 0.25) is 0 Å². The van der Waals surface area contributed by atoms with E-state index in [0.29, 0.717) is 37.3 Å². The molecule has 2 N–H and O–H groups in total. The van der Waals surface area contributed by atoms with Crippen LogP contribution in [0.25, 0.3) is 0 Å². The van der Waals surface area contributed by atoms with Gasteiger partial charge in [0.15, 0.2) is 0 Å². The van der Waals surface area contributed by atoms with Crippen LogP contribution in [0.2, 0.25) is 0 Å². The summed E-state index contributed by atoms with van der Waals surface area (Å²) in [5.41, 5.74) is 1.80. The summed E-state index contributed by atoms with van der Waals surface area (Å²) in [7, 11) is 0. The van der Waals surface area contributed by atoms with Crippen molar-refractivity contribution in [3.8, 4) is 0 Å². The lowest BCUT2D eigenvalue weighted by atomic mass is 9.97. The van der Waals surface area contributed by atoms with Gasteiger partial charge < -0.3 is 15.5 Å². The van der Waals surface area contributed by atoms with E-state index in [1.807, 2.05) is 6.07 Å². The molecule has 0 radical (unpaired) electrons. The van der Waals surface area contributed by atoms with E-state index < -0.39 is 0 Å². The number of carbonyl (C=O) groups is 2. The number of nitrogens with zero attached hydrogens (tertiary/aromatic N) is 1. The molecule has 1 atom stereocenters. The Morgan fingerprint density at radius 3 is 2.48 bits per heavy atom. The number of nitrogens with one attached hydrogen (secondary N) is 2. The molecule has 5 nitrogen and oxygen atoms in total. The lowest BCUT2D eigenvalue weighted by molar-refractivity contribution is 0.0633. The van der Waals surface area contributed by atoms with E-state index in [1.165, 1.54) is 12.1 Å². The molecule has 2 aromatic rings. The Morgan fingerprint density at radius 1 is 1.14 bits per heavy atom. The van der Waals surface area contributed by atoms with Gasteiger partial charge in [-0.25, -0.2) is 4.39 Å². The molecule has 6 heteroatoms. The third kappa shape index (κ3) is 5.41. The quantitative estimate of drug-likeness (QED) is 0.831. The van der Waals surface area contributed by atoms with Crippen LogP contribution in [0.5, 0.6) is 0 Å². The van der Waals surface area contributed by atoms with Gasteiger partial charge in [0, 0.05) is 37.3 Å². The van der Waals surface area contributed by atoms with Crippen molar-refractivity contribution in [3.05, 3.63) is 71.0 Å². The molecule has 1 heterocycles. The molecule has 1 fully saturated rings. The zero-order valence-electron chi connectivity index (χ0n) is 17.2. The highest BCUT2D eigenvalue weighted by atomic mass is 19.1. The maximum absolute atomic E-state index is 13.7. The number of carbonyl (C=O) groups excluding carboxylic acids is 2. The van der Waals surface area contributed by atoms with Crippen molar-refractivity contribution in [3.63, 3.8) is 0 Å². The Balaban J connectivity index is 1.74. The van der Waals surface area contributed by atoms with Crippen LogP contribution in [0.4, 0.5) is 4.39 Å². The summed E-state index contributed by atoms with van der Waals surface area (Å²) in [6.45, 7) is 8.52. The van der Waals surface area contributed by atoms with Crippen LogP contribution in [0.1, 0.15) is 53.1 Å². The van der Waals surface area contributed by atoms with Crippen LogP contribution >= 0.6 is 0 Å². The van der Waals surface area contributed by atoms with Gasteiger partial charge in [-0.1, -0.05) is 32.9 Å². The highest BCUT2D eigenvalue weighted by Crippen LogP contribution is 2.25. The molecule has 0 saturated carbocycles. The fourth-order valence-corrected chi connectivity index (χ4v) is 3.34. The molecular formula is C23H28FN3O2. The summed E-state index contributed by atoms with van der Waals surface area (Å²) in [5.74, 6) is -0.591. The second kappa shape index (κ2) is 8.74. The number of amides is 2. The maximum Gasteiger partial charge on any atom is 0.254 e. The highest BCUT2D eigenvalue weighted by molar-refractivity contribution is 5.98. The molecule has 1 aliphatic heterocycles. The second-order valence-electron chi connectivity index (χ2n) is 8.59. The van der Waals surface area contributed by atoms with Crippen molar-refractivity contribution in [2.75, 3.05) is 26.2 Å². The molecule has 154 valence electrons. The van der Waals surface area contributed by atoms with Crippen molar-refractivity contribution >= 4 is 11.8 Å². The predicted molar refractivity (Wildman–Crippen MR) is 111 cm³/mol. The van der Waals surface area contributed by atoms with E-state index in [0.717, 1.165) is 5.56 Å². The average molecular weight is 397 g/mol. The van der Waals surface area contributed by atoms with Crippen molar-refractivity contribution in [1.29, 1.82) is 0 Å². The van der Waals surface area contributed by atoms with E-state index in [-0.39, 0.29) is 29.1 Å². The van der Waals surface area contributed by atoms with E-state index >= 15 is 0 Å². The van der Waals surface area contributed by atoms with Gasteiger partial charge in [-0.3, -0.25) is 9.59 Å². The van der Waals surface area contributed by atoms with Crippen LogP contribution in [-0.2, 0) is 0 Å². The van der Waals surface area contributed by atoms with Gasteiger partial charge in [-0.15, -0.1) is 0 Å². The minimum atomic E-state index is -0.314. The number of benzene rings is 2. The monoisotopic (exact) mass is 397 g/mol. The number of hydrogen-bond acceptors (Lipinski definition) is 3. The van der Waals surface area contributed by atoms with Crippen LogP contribution in [-0.4, -0.2) is 42.9 Å². The van der Waals surface area contributed by atoms with Gasteiger partial charge in [0.05, 0.1) is 6.04 Å². The summed E-state index contributed by atoms with van der Waals surface area (Å²) in [6.07, 6.45) is 0. The summed E-state index contributed by atoms with van der Waals surface area (Å²) in [6, 6.07) is 12.8. The van der Waals surface area contributed by atoms with Crippen LogP contribution in [0.15, 0.2) is 48.5 Å². The molecular weight excluding hydrogens is 369 g/mol. The Hall–Kier alpha value is -2.73. The molecule has 1 aliphatic rings. The standard InChI is InChI=1S/C23H28FN3O2/c1-23(2,3)15-26-21(28)16-7-9-17(10-8-16)22(29)27-12-11-25-14-20(27)18-5-4-6-19(24)13-18/h4-10,13,20,25H,11-12,14-15H2,1-3H3,(H,26,28). The maximum atomic E-state index is 13.7. The Labute approximate surface area is 171 Å². The zero-order valence-corrected chi connectivity index (χ0v) is 17.2. The van der Waals surface area contributed by atoms with Gasteiger partial charge >= 0.3 is 0 Å². The third-order valence-corrected chi connectivity index (χ3v) is 4.91. The summed E-state index contributed by atoms with van der Waals surface area (Å²) in [5, 5.41) is 6.18. The number of rotatable bonds is 4. The highest BCUT2D eigenvalue weighted by Gasteiger charge is 2.29. The van der Waals surface area contributed by atoms with Gasteiger partial charge in [-0.05, 0) is 47.4 Å². The van der Waals surface area contributed by atoms with E-state index in [9.17, 15) is 14.0 Å². The number of piperazine rings is 1. The molecule has 0 spiro atoms.